The number of aryl methyl sites for hydroxylation is 1. The second-order valence-electron chi connectivity index (χ2n) is 11.3. The number of benzene rings is 2. The second-order valence-corrected chi connectivity index (χ2v) is 11.3. The molecule has 1 aliphatic rings. The van der Waals surface area contributed by atoms with Gasteiger partial charge in [0.05, 0.1) is 40.8 Å². The number of aliphatic hydroxyl groups is 1. The average Bonchev–Trinajstić information content (AvgIpc) is 3.44. The van der Waals surface area contributed by atoms with Crippen molar-refractivity contribution in [2.24, 2.45) is 7.05 Å². The first-order valence-electron chi connectivity index (χ1n) is 14.0. The molecule has 4 heterocycles. The molecule has 40 heavy (non-hydrogen) atoms. The molecule has 1 N–H and O–H groups in total. The summed E-state index contributed by atoms with van der Waals surface area (Å²) in [5, 5.41) is 16.7. The fourth-order valence-corrected chi connectivity index (χ4v) is 5.79. The summed E-state index contributed by atoms with van der Waals surface area (Å²) in [6.07, 6.45) is 7.89. The van der Waals surface area contributed by atoms with Crippen LogP contribution in [0.15, 0.2) is 67.1 Å². The number of hydrogen-bond acceptors (Lipinski definition) is 5. The number of aromatic nitrogens is 7. The first kappa shape index (κ1) is 24.7. The van der Waals surface area contributed by atoms with Crippen molar-refractivity contribution in [1.29, 1.82) is 0 Å². The third-order valence-electron chi connectivity index (χ3n) is 7.89. The lowest BCUT2D eigenvalue weighted by molar-refractivity contribution is 0.152. The van der Waals surface area contributed by atoms with Crippen LogP contribution < -0.4 is 0 Å². The highest BCUT2D eigenvalue weighted by Gasteiger charge is 2.33. The number of rotatable bonds is 7. The summed E-state index contributed by atoms with van der Waals surface area (Å²) in [6, 6.07) is 16.0. The maximum atomic E-state index is 10.8. The molecule has 1 saturated carbocycles. The Hall–Kier alpha value is -4.30. The monoisotopic (exact) mass is 531 g/mol. The van der Waals surface area contributed by atoms with Gasteiger partial charge in [-0.1, -0.05) is 56.3 Å². The molecule has 0 aliphatic heterocycles. The standard InChI is InChI=1S/C32H33N7O/c1-19(2)28-25(16-38-15-20(3)33-32(38)35-28)31-34-29(30(37(31)4)22-13-14-22)23-11-8-12-26-24(23)17-39(36-26)18-27(40)21-9-6-5-7-10-21/h5-12,15-17,19,22,27,40H,13-14,18H2,1-4H3. The molecule has 0 saturated heterocycles. The minimum Gasteiger partial charge on any atom is -0.386 e. The van der Waals surface area contributed by atoms with E-state index >= 15 is 0 Å². The van der Waals surface area contributed by atoms with Crippen LogP contribution in [-0.4, -0.2) is 38.8 Å². The quantitative estimate of drug-likeness (QED) is 0.266. The Morgan fingerprint density at radius 3 is 2.48 bits per heavy atom. The Labute approximate surface area is 233 Å². The van der Waals surface area contributed by atoms with E-state index < -0.39 is 6.10 Å². The minimum absolute atomic E-state index is 0.222. The van der Waals surface area contributed by atoms with Crippen LogP contribution in [0.5, 0.6) is 0 Å². The molecule has 1 unspecified atom stereocenters. The first-order chi connectivity index (χ1) is 19.4. The Morgan fingerprint density at radius 1 is 0.925 bits per heavy atom. The topological polar surface area (TPSA) is 86.1 Å². The van der Waals surface area contributed by atoms with E-state index in [0.717, 1.165) is 56.3 Å². The van der Waals surface area contributed by atoms with E-state index in [4.69, 9.17) is 15.1 Å². The molecule has 202 valence electrons. The Kier molecular flexibility index (Phi) is 5.82. The average molecular weight is 532 g/mol. The van der Waals surface area contributed by atoms with Crippen molar-refractivity contribution < 1.29 is 5.11 Å². The zero-order chi connectivity index (χ0) is 27.5. The van der Waals surface area contributed by atoms with Crippen LogP contribution in [0.3, 0.4) is 0 Å². The van der Waals surface area contributed by atoms with Gasteiger partial charge in [-0.15, -0.1) is 0 Å². The predicted octanol–water partition coefficient (Wildman–Crippen LogP) is 6.19. The third kappa shape index (κ3) is 4.19. The van der Waals surface area contributed by atoms with Crippen molar-refractivity contribution in [3.05, 3.63) is 89.8 Å². The maximum Gasteiger partial charge on any atom is 0.234 e. The van der Waals surface area contributed by atoms with E-state index in [0.29, 0.717) is 12.5 Å². The zero-order valence-electron chi connectivity index (χ0n) is 23.3. The number of imidazole rings is 2. The molecular weight excluding hydrogens is 498 g/mol. The van der Waals surface area contributed by atoms with Crippen LogP contribution in [0.1, 0.15) is 67.3 Å². The van der Waals surface area contributed by atoms with Crippen molar-refractivity contribution in [1.82, 2.24) is 33.7 Å². The molecule has 0 spiro atoms. The van der Waals surface area contributed by atoms with E-state index in [1.165, 1.54) is 18.5 Å². The van der Waals surface area contributed by atoms with Crippen molar-refractivity contribution in [3.63, 3.8) is 0 Å². The molecule has 1 fully saturated rings. The lowest BCUT2D eigenvalue weighted by Gasteiger charge is -2.13. The van der Waals surface area contributed by atoms with Crippen molar-refractivity contribution in [3.8, 4) is 22.6 Å². The zero-order valence-corrected chi connectivity index (χ0v) is 23.3. The molecule has 8 nitrogen and oxygen atoms in total. The summed E-state index contributed by atoms with van der Waals surface area (Å²) in [5.41, 5.74) is 8.09. The van der Waals surface area contributed by atoms with E-state index in [1.54, 1.807) is 0 Å². The summed E-state index contributed by atoms with van der Waals surface area (Å²) in [7, 11) is 2.13. The van der Waals surface area contributed by atoms with Gasteiger partial charge in [-0.25, -0.2) is 15.0 Å². The van der Waals surface area contributed by atoms with Crippen LogP contribution in [0.4, 0.5) is 0 Å². The smallest absolute Gasteiger partial charge is 0.234 e. The van der Waals surface area contributed by atoms with Gasteiger partial charge in [0.15, 0.2) is 0 Å². The number of nitrogens with zero attached hydrogens (tertiary/aromatic N) is 7. The lowest BCUT2D eigenvalue weighted by Crippen LogP contribution is -2.08. The molecule has 1 aliphatic carbocycles. The van der Waals surface area contributed by atoms with Gasteiger partial charge in [-0.3, -0.25) is 9.08 Å². The Balaban J connectivity index is 1.36. The third-order valence-corrected chi connectivity index (χ3v) is 7.89. The normalized spacial score (nSPS) is 14.6. The van der Waals surface area contributed by atoms with E-state index in [9.17, 15) is 5.11 Å². The molecule has 8 heteroatoms. The van der Waals surface area contributed by atoms with Crippen LogP contribution in [0.2, 0.25) is 0 Å². The van der Waals surface area contributed by atoms with Crippen LogP contribution in [0, 0.1) is 6.92 Å². The molecule has 0 bridgehead atoms. The van der Waals surface area contributed by atoms with E-state index in [1.807, 2.05) is 64.8 Å². The summed E-state index contributed by atoms with van der Waals surface area (Å²) >= 11 is 0. The highest BCUT2D eigenvalue weighted by atomic mass is 16.3. The molecule has 0 amide bonds. The molecule has 2 aromatic carbocycles. The first-order valence-corrected chi connectivity index (χ1v) is 14.0. The maximum absolute atomic E-state index is 10.8. The van der Waals surface area contributed by atoms with Gasteiger partial charge < -0.3 is 9.67 Å². The van der Waals surface area contributed by atoms with E-state index in [-0.39, 0.29) is 5.92 Å². The fraction of sp³-hybridized carbons (Fsp3) is 0.312. The summed E-state index contributed by atoms with van der Waals surface area (Å²) in [6.45, 7) is 6.72. The summed E-state index contributed by atoms with van der Waals surface area (Å²) in [4.78, 5) is 14.9. The van der Waals surface area contributed by atoms with Crippen molar-refractivity contribution >= 4 is 16.7 Å². The van der Waals surface area contributed by atoms with E-state index in [2.05, 4.69) is 48.8 Å². The van der Waals surface area contributed by atoms with Gasteiger partial charge >= 0.3 is 0 Å². The van der Waals surface area contributed by atoms with Crippen LogP contribution >= 0.6 is 0 Å². The highest BCUT2D eigenvalue weighted by molar-refractivity contribution is 5.94. The molecule has 0 radical (unpaired) electrons. The SMILES string of the molecule is Cc1cn2cc(-c3nc(-c4cccc5nn(CC(O)c6ccccc6)cc45)c(C4CC4)n3C)c(C(C)C)nc2n1. The number of aliphatic hydroxyl groups excluding tert-OH is 1. The van der Waals surface area contributed by atoms with Crippen LogP contribution in [-0.2, 0) is 13.6 Å². The summed E-state index contributed by atoms with van der Waals surface area (Å²) < 4.78 is 6.13. The molecule has 1 atom stereocenters. The number of fused-ring (bicyclic) bond motifs is 2. The van der Waals surface area contributed by atoms with Crippen molar-refractivity contribution in [2.45, 2.75) is 58.1 Å². The van der Waals surface area contributed by atoms with Crippen LogP contribution in [0.25, 0.3) is 39.3 Å². The summed E-state index contributed by atoms with van der Waals surface area (Å²) in [5.74, 6) is 2.35. The fourth-order valence-electron chi connectivity index (χ4n) is 5.79. The predicted molar refractivity (Wildman–Crippen MR) is 156 cm³/mol. The van der Waals surface area contributed by atoms with Gasteiger partial charge in [0.1, 0.15) is 5.82 Å². The van der Waals surface area contributed by atoms with Gasteiger partial charge in [0.25, 0.3) is 0 Å². The van der Waals surface area contributed by atoms with Gasteiger partial charge in [-0.2, -0.15) is 5.10 Å². The molecule has 6 aromatic rings. The number of hydrogen-bond donors (Lipinski definition) is 1. The largest absolute Gasteiger partial charge is 0.386 e. The highest BCUT2D eigenvalue weighted by Crippen LogP contribution is 2.47. The molecule has 7 rings (SSSR count). The molecular formula is C32H33N7O. The lowest BCUT2D eigenvalue weighted by atomic mass is 10.0. The van der Waals surface area contributed by atoms with Gasteiger partial charge in [0, 0.05) is 48.2 Å². The van der Waals surface area contributed by atoms with Gasteiger partial charge in [-0.05, 0) is 37.3 Å². The molecule has 4 aromatic heterocycles. The Morgan fingerprint density at radius 2 is 1.73 bits per heavy atom. The second kappa shape index (κ2) is 9.41. The van der Waals surface area contributed by atoms with Crippen molar-refractivity contribution in [2.75, 3.05) is 0 Å². The van der Waals surface area contributed by atoms with Gasteiger partial charge in [0.2, 0.25) is 5.78 Å². The minimum atomic E-state index is -0.633. The Bertz CT molecular complexity index is 1860.